The summed E-state index contributed by atoms with van der Waals surface area (Å²) in [5.41, 5.74) is 0.979. The maximum Gasteiger partial charge on any atom is 0.341 e. The highest BCUT2D eigenvalue weighted by molar-refractivity contribution is 9.10. The number of carboxylic acids is 1. The van der Waals surface area contributed by atoms with Gasteiger partial charge in [0.2, 0.25) is 0 Å². The molecule has 0 atom stereocenters. The Labute approximate surface area is 124 Å². The van der Waals surface area contributed by atoms with Crippen molar-refractivity contribution in [3.63, 3.8) is 0 Å². The number of halogens is 1. The van der Waals surface area contributed by atoms with Gasteiger partial charge in [-0.25, -0.2) is 4.79 Å². The molecule has 0 aliphatic heterocycles. The van der Waals surface area contributed by atoms with Crippen molar-refractivity contribution in [3.05, 3.63) is 34.0 Å². The van der Waals surface area contributed by atoms with Crippen molar-refractivity contribution in [1.29, 1.82) is 0 Å². The van der Waals surface area contributed by atoms with Crippen molar-refractivity contribution in [2.45, 2.75) is 19.8 Å². The molecule has 1 heterocycles. The molecule has 0 aliphatic carbocycles. The summed E-state index contributed by atoms with van der Waals surface area (Å²) in [6.07, 6.45) is 1.31. The topological polar surface area (TPSA) is 72.6 Å². The maximum absolute atomic E-state index is 11.5. The van der Waals surface area contributed by atoms with Gasteiger partial charge in [0, 0.05) is 16.5 Å². The monoisotopic (exact) mass is 339 g/mol. The first-order valence-electron chi connectivity index (χ1n) is 6.14. The van der Waals surface area contributed by atoms with Gasteiger partial charge < -0.3 is 14.4 Å². The lowest BCUT2D eigenvalue weighted by Crippen LogP contribution is -2.02. The molecule has 20 heavy (non-hydrogen) atoms. The Bertz CT molecular complexity index is 636. The van der Waals surface area contributed by atoms with Gasteiger partial charge in [0.15, 0.2) is 5.76 Å². The minimum Gasteiger partial charge on any atom is -0.496 e. The second-order valence-corrected chi connectivity index (χ2v) is 5.14. The summed E-state index contributed by atoms with van der Waals surface area (Å²) >= 11 is 3.36. The number of benzene rings is 1. The normalized spacial score (nSPS) is 10.6. The highest BCUT2D eigenvalue weighted by Gasteiger charge is 2.25. The lowest BCUT2D eigenvalue weighted by Gasteiger charge is -2.07. The lowest BCUT2D eigenvalue weighted by molar-refractivity contribution is 0.0695. The van der Waals surface area contributed by atoms with Crippen LogP contribution in [0.3, 0.4) is 0 Å². The molecule has 106 valence electrons. The number of aryl methyl sites for hydroxylation is 1. The molecule has 0 saturated carbocycles. The van der Waals surface area contributed by atoms with Gasteiger partial charge in [0.25, 0.3) is 0 Å². The number of aromatic carboxylic acids is 1. The van der Waals surface area contributed by atoms with Gasteiger partial charge in [0.1, 0.15) is 17.0 Å². The Morgan fingerprint density at radius 3 is 2.85 bits per heavy atom. The van der Waals surface area contributed by atoms with E-state index in [9.17, 15) is 9.90 Å². The van der Waals surface area contributed by atoms with Crippen molar-refractivity contribution in [2.24, 2.45) is 0 Å². The average Bonchev–Trinajstić information content (AvgIpc) is 2.83. The van der Waals surface area contributed by atoms with Crippen LogP contribution in [0.15, 0.2) is 27.2 Å². The van der Waals surface area contributed by atoms with Crippen molar-refractivity contribution in [3.8, 4) is 17.0 Å². The molecule has 1 aromatic carbocycles. The number of hydrogen-bond donors (Lipinski definition) is 1. The molecule has 0 spiro atoms. The fourth-order valence-electron chi connectivity index (χ4n) is 1.99. The third-order valence-electron chi connectivity index (χ3n) is 2.87. The molecule has 0 bridgehead atoms. The number of rotatable bonds is 5. The Balaban J connectivity index is 2.63. The van der Waals surface area contributed by atoms with Gasteiger partial charge >= 0.3 is 5.97 Å². The van der Waals surface area contributed by atoms with Crippen LogP contribution in [-0.2, 0) is 6.42 Å². The Morgan fingerprint density at radius 2 is 2.25 bits per heavy atom. The first-order valence-corrected chi connectivity index (χ1v) is 6.93. The van der Waals surface area contributed by atoms with Gasteiger partial charge in [-0.15, -0.1) is 0 Å². The van der Waals surface area contributed by atoms with Crippen molar-refractivity contribution >= 4 is 21.9 Å². The highest BCUT2D eigenvalue weighted by atomic mass is 79.9. The summed E-state index contributed by atoms with van der Waals surface area (Å²) < 4.78 is 11.3. The lowest BCUT2D eigenvalue weighted by atomic mass is 10.0. The summed E-state index contributed by atoms with van der Waals surface area (Å²) in [7, 11) is 1.53. The zero-order valence-electron chi connectivity index (χ0n) is 11.1. The highest BCUT2D eigenvalue weighted by Crippen LogP contribution is 2.35. The van der Waals surface area contributed by atoms with E-state index in [1.54, 1.807) is 12.1 Å². The van der Waals surface area contributed by atoms with E-state index in [0.29, 0.717) is 29.2 Å². The van der Waals surface area contributed by atoms with Gasteiger partial charge in [-0.2, -0.15) is 0 Å². The van der Waals surface area contributed by atoms with Crippen LogP contribution in [0.5, 0.6) is 5.75 Å². The molecule has 0 amide bonds. The van der Waals surface area contributed by atoms with E-state index in [0.717, 1.165) is 10.9 Å². The molecule has 0 fully saturated rings. The first kappa shape index (κ1) is 14.6. The Hall–Kier alpha value is -1.82. The van der Waals surface area contributed by atoms with Crippen LogP contribution >= 0.6 is 15.9 Å². The molecule has 0 radical (unpaired) electrons. The molecule has 6 heteroatoms. The largest absolute Gasteiger partial charge is 0.496 e. The zero-order chi connectivity index (χ0) is 14.7. The third kappa shape index (κ3) is 2.70. The molecular formula is C14H14BrNO4. The third-order valence-corrected chi connectivity index (χ3v) is 3.36. The first-order chi connectivity index (χ1) is 9.58. The maximum atomic E-state index is 11.5. The molecule has 0 saturated heterocycles. The van der Waals surface area contributed by atoms with Crippen LogP contribution in [0.2, 0.25) is 0 Å². The summed E-state index contributed by atoms with van der Waals surface area (Å²) in [5, 5.41) is 13.3. The molecule has 0 unspecified atom stereocenters. The quantitative estimate of drug-likeness (QED) is 0.897. The number of hydrogen-bond acceptors (Lipinski definition) is 4. The van der Waals surface area contributed by atoms with Crippen molar-refractivity contribution in [2.75, 3.05) is 7.11 Å². The minimum absolute atomic E-state index is 0.100. The second-order valence-electron chi connectivity index (χ2n) is 4.23. The van der Waals surface area contributed by atoms with E-state index in [4.69, 9.17) is 9.26 Å². The summed E-state index contributed by atoms with van der Waals surface area (Å²) in [5.74, 6) is -0.115. The van der Waals surface area contributed by atoms with Crippen LogP contribution in [0.4, 0.5) is 0 Å². The SMILES string of the molecule is CCCc1onc(-c2cc(Br)ccc2OC)c1C(=O)O. The predicted molar refractivity (Wildman–Crippen MR) is 77.1 cm³/mol. The molecule has 1 aromatic heterocycles. The van der Waals surface area contributed by atoms with E-state index in [2.05, 4.69) is 21.1 Å². The number of aromatic nitrogens is 1. The van der Waals surface area contributed by atoms with E-state index >= 15 is 0 Å². The van der Waals surface area contributed by atoms with Gasteiger partial charge in [0.05, 0.1) is 7.11 Å². The van der Waals surface area contributed by atoms with Crippen LogP contribution in [-0.4, -0.2) is 23.3 Å². The van der Waals surface area contributed by atoms with E-state index in [1.807, 2.05) is 13.0 Å². The van der Waals surface area contributed by atoms with Crippen LogP contribution in [0, 0.1) is 0 Å². The fourth-order valence-corrected chi connectivity index (χ4v) is 2.35. The minimum atomic E-state index is -1.05. The van der Waals surface area contributed by atoms with Gasteiger partial charge in [-0.05, 0) is 24.6 Å². The molecular weight excluding hydrogens is 326 g/mol. The summed E-state index contributed by atoms with van der Waals surface area (Å²) in [6.45, 7) is 1.95. The second kappa shape index (κ2) is 6.09. The summed E-state index contributed by atoms with van der Waals surface area (Å²) in [6, 6.07) is 5.33. The molecule has 2 rings (SSSR count). The van der Waals surface area contributed by atoms with Gasteiger partial charge in [-0.1, -0.05) is 28.0 Å². The van der Waals surface area contributed by atoms with E-state index in [1.165, 1.54) is 7.11 Å². The standard InChI is InChI=1S/C14H14BrNO4/c1-3-4-11-12(14(17)18)13(16-20-11)9-7-8(15)5-6-10(9)19-2/h5-7H,3-4H2,1-2H3,(H,17,18). The van der Waals surface area contributed by atoms with Crippen LogP contribution < -0.4 is 4.74 Å². The number of carboxylic acid groups (broad SMARTS) is 1. The molecule has 1 N–H and O–H groups in total. The van der Waals surface area contributed by atoms with Crippen molar-refractivity contribution < 1.29 is 19.2 Å². The van der Waals surface area contributed by atoms with Crippen LogP contribution in [0.1, 0.15) is 29.5 Å². The smallest absolute Gasteiger partial charge is 0.341 e. The molecule has 2 aromatic rings. The number of methoxy groups -OCH3 is 1. The number of carbonyl (C=O) groups is 1. The molecule has 5 nitrogen and oxygen atoms in total. The Kier molecular flexibility index (Phi) is 4.44. The Morgan fingerprint density at radius 1 is 1.50 bits per heavy atom. The van der Waals surface area contributed by atoms with Gasteiger partial charge in [-0.3, -0.25) is 0 Å². The number of ether oxygens (including phenoxy) is 1. The molecule has 0 aliphatic rings. The number of nitrogens with zero attached hydrogens (tertiary/aromatic N) is 1. The van der Waals surface area contributed by atoms with Crippen molar-refractivity contribution in [1.82, 2.24) is 5.16 Å². The summed E-state index contributed by atoms with van der Waals surface area (Å²) in [4.78, 5) is 11.5. The average molecular weight is 340 g/mol. The predicted octanol–water partition coefficient (Wildman–Crippen LogP) is 3.76. The zero-order valence-corrected chi connectivity index (χ0v) is 12.7. The van der Waals surface area contributed by atoms with E-state index < -0.39 is 5.97 Å². The van der Waals surface area contributed by atoms with E-state index in [-0.39, 0.29) is 5.56 Å². The fraction of sp³-hybridized carbons (Fsp3) is 0.286. The van der Waals surface area contributed by atoms with Crippen LogP contribution in [0.25, 0.3) is 11.3 Å².